The molecule has 0 bridgehead atoms. The number of aromatic hydroxyl groups is 1. The van der Waals surface area contributed by atoms with E-state index < -0.39 is 10.0 Å². The van der Waals surface area contributed by atoms with Crippen LogP contribution in [0.4, 0.5) is 0 Å². The van der Waals surface area contributed by atoms with Gasteiger partial charge >= 0.3 is 0 Å². The van der Waals surface area contributed by atoms with Crippen LogP contribution in [0.5, 0.6) is 11.5 Å². The first-order chi connectivity index (χ1) is 8.83. The maximum absolute atomic E-state index is 10.8. The number of phenolic OH excluding ortho intramolecular Hbond substituents is 1. The number of nitrogens with two attached hydrogens (primary N) is 1. The molecule has 0 aromatic heterocycles. The molecule has 0 aliphatic heterocycles. The van der Waals surface area contributed by atoms with Gasteiger partial charge in [-0.25, -0.2) is 13.6 Å². The summed E-state index contributed by atoms with van der Waals surface area (Å²) in [7, 11) is -1.86. The molecule has 19 heavy (non-hydrogen) atoms. The topological polar surface area (TPSA) is 102 Å². The van der Waals surface area contributed by atoms with Crippen LogP contribution < -0.4 is 15.2 Å². The number of methoxy groups -OCH3 is 1. The van der Waals surface area contributed by atoms with Crippen molar-refractivity contribution < 1.29 is 18.3 Å². The zero-order chi connectivity index (χ0) is 14.5. The molecule has 0 radical (unpaired) electrons. The zero-order valence-corrected chi connectivity index (χ0v) is 11.9. The third-order valence-electron chi connectivity index (χ3n) is 2.76. The highest BCUT2D eigenvalue weighted by atomic mass is 32.2. The molecule has 1 rings (SSSR count). The van der Waals surface area contributed by atoms with Crippen molar-refractivity contribution in [3.63, 3.8) is 0 Å². The molecule has 0 aliphatic rings. The van der Waals surface area contributed by atoms with Gasteiger partial charge in [-0.05, 0) is 38.1 Å². The Balaban J connectivity index is 2.56. The first-order valence-corrected chi connectivity index (χ1v) is 7.66. The molecule has 1 atom stereocenters. The maximum atomic E-state index is 10.8. The first kappa shape index (κ1) is 15.7. The molecule has 7 heteroatoms. The van der Waals surface area contributed by atoms with E-state index in [1.54, 1.807) is 25.3 Å². The lowest BCUT2D eigenvalue weighted by atomic mass is 10.1. The van der Waals surface area contributed by atoms with Gasteiger partial charge in [-0.15, -0.1) is 0 Å². The molecular formula is C12H20N2O4S. The lowest BCUT2D eigenvalue weighted by molar-refractivity contribution is 0.407. The lowest BCUT2D eigenvalue weighted by Crippen LogP contribution is -2.24. The summed E-state index contributed by atoms with van der Waals surface area (Å²) in [5, 5.41) is 17.8. The lowest BCUT2D eigenvalue weighted by Gasteiger charge is -2.16. The monoisotopic (exact) mass is 288 g/mol. The van der Waals surface area contributed by atoms with E-state index in [4.69, 9.17) is 9.88 Å². The standard InChI is InChI=1S/C12H20N2O4S/c1-9(14-6-3-7-19(13,16)17)11-8-10(18-2)4-5-12(11)15/h4-5,8-9,14-15H,3,6-7H2,1-2H3,(H2,13,16,17). The fourth-order valence-electron chi connectivity index (χ4n) is 1.71. The minimum absolute atomic E-state index is 0.0587. The number of hydrogen-bond acceptors (Lipinski definition) is 5. The molecule has 108 valence electrons. The molecule has 0 saturated carbocycles. The summed E-state index contributed by atoms with van der Waals surface area (Å²) in [6, 6.07) is 4.87. The third-order valence-corrected chi connectivity index (χ3v) is 3.62. The van der Waals surface area contributed by atoms with Crippen molar-refractivity contribution in [3.05, 3.63) is 23.8 Å². The summed E-state index contributed by atoms with van der Waals surface area (Å²) in [5.41, 5.74) is 0.704. The highest BCUT2D eigenvalue weighted by molar-refractivity contribution is 7.89. The van der Waals surface area contributed by atoms with Crippen LogP contribution in [0.25, 0.3) is 0 Å². The van der Waals surface area contributed by atoms with E-state index in [0.29, 0.717) is 24.3 Å². The Bertz CT molecular complexity index is 516. The van der Waals surface area contributed by atoms with Crippen LogP contribution in [-0.4, -0.2) is 32.9 Å². The Labute approximate surface area is 113 Å². The van der Waals surface area contributed by atoms with Gasteiger partial charge in [0.15, 0.2) is 0 Å². The van der Waals surface area contributed by atoms with Crippen molar-refractivity contribution >= 4 is 10.0 Å². The molecule has 0 heterocycles. The van der Waals surface area contributed by atoms with E-state index in [9.17, 15) is 13.5 Å². The van der Waals surface area contributed by atoms with Gasteiger partial charge in [0.25, 0.3) is 0 Å². The first-order valence-electron chi connectivity index (χ1n) is 5.94. The summed E-state index contributed by atoms with van der Waals surface area (Å²) in [5.74, 6) is 0.773. The van der Waals surface area contributed by atoms with Gasteiger partial charge in [0.1, 0.15) is 11.5 Å². The summed E-state index contributed by atoms with van der Waals surface area (Å²) in [6.45, 7) is 2.37. The molecule has 0 aliphatic carbocycles. The molecule has 6 nitrogen and oxygen atoms in total. The smallest absolute Gasteiger partial charge is 0.209 e. The third kappa shape index (κ3) is 5.46. The van der Waals surface area contributed by atoms with Crippen molar-refractivity contribution in [2.45, 2.75) is 19.4 Å². The van der Waals surface area contributed by atoms with E-state index in [1.807, 2.05) is 6.92 Å². The normalized spacial score (nSPS) is 13.2. The number of primary sulfonamides is 1. The summed E-state index contributed by atoms with van der Waals surface area (Å²) in [6.07, 6.45) is 0.425. The summed E-state index contributed by atoms with van der Waals surface area (Å²) in [4.78, 5) is 0. The molecule has 1 aromatic rings. The predicted octanol–water partition coefficient (Wildman–Crippen LogP) is 0.730. The number of phenols is 1. The SMILES string of the molecule is COc1ccc(O)c(C(C)NCCCS(N)(=O)=O)c1. The summed E-state index contributed by atoms with van der Waals surface area (Å²) < 4.78 is 26.6. The minimum Gasteiger partial charge on any atom is -0.508 e. The highest BCUT2D eigenvalue weighted by Gasteiger charge is 2.11. The second kappa shape index (κ2) is 6.74. The van der Waals surface area contributed by atoms with Gasteiger partial charge in [0.05, 0.1) is 12.9 Å². The molecule has 4 N–H and O–H groups in total. The van der Waals surface area contributed by atoms with Gasteiger partial charge in [-0.2, -0.15) is 0 Å². The zero-order valence-electron chi connectivity index (χ0n) is 11.1. The van der Waals surface area contributed by atoms with Gasteiger partial charge in [-0.3, -0.25) is 0 Å². The van der Waals surface area contributed by atoms with E-state index in [1.165, 1.54) is 0 Å². The number of benzene rings is 1. The Hall–Kier alpha value is -1.31. The fourth-order valence-corrected chi connectivity index (χ4v) is 2.25. The molecule has 0 amide bonds. The van der Waals surface area contributed by atoms with Crippen LogP contribution >= 0.6 is 0 Å². The van der Waals surface area contributed by atoms with Crippen molar-refractivity contribution in [1.82, 2.24) is 5.32 Å². The molecule has 0 saturated heterocycles. The van der Waals surface area contributed by atoms with Crippen LogP contribution in [0.2, 0.25) is 0 Å². The maximum Gasteiger partial charge on any atom is 0.209 e. The molecule has 0 fully saturated rings. The van der Waals surface area contributed by atoms with Crippen molar-refractivity contribution in [3.8, 4) is 11.5 Å². The van der Waals surface area contributed by atoms with Crippen LogP contribution in [0.1, 0.15) is 24.9 Å². The van der Waals surface area contributed by atoms with Crippen molar-refractivity contribution in [1.29, 1.82) is 0 Å². The van der Waals surface area contributed by atoms with Crippen molar-refractivity contribution in [2.75, 3.05) is 19.4 Å². The molecule has 0 spiro atoms. The van der Waals surface area contributed by atoms with Gasteiger partial charge in [0.2, 0.25) is 10.0 Å². The fraction of sp³-hybridized carbons (Fsp3) is 0.500. The van der Waals surface area contributed by atoms with Crippen LogP contribution in [-0.2, 0) is 10.0 Å². The Morgan fingerprint density at radius 1 is 1.47 bits per heavy atom. The average Bonchev–Trinajstić information content (AvgIpc) is 2.34. The van der Waals surface area contributed by atoms with Crippen molar-refractivity contribution in [2.24, 2.45) is 5.14 Å². The Kier molecular flexibility index (Phi) is 5.59. The number of hydrogen-bond donors (Lipinski definition) is 3. The number of rotatable bonds is 7. The summed E-state index contributed by atoms with van der Waals surface area (Å²) >= 11 is 0. The van der Waals surface area contributed by atoms with Crippen LogP contribution in [0.15, 0.2) is 18.2 Å². The quantitative estimate of drug-likeness (QED) is 0.642. The van der Waals surface area contributed by atoms with E-state index in [0.717, 1.165) is 0 Å². The van der Waals surface area contributed by atoms with Gasteiger partial charge < -0.3 is 15.2 Å². The second-order valence-corrected chi connectivity index (χ2v) is 6.06. The van der Waals surface area contributed by atoms with E-state index >= 15 is 0 Å². The van der Waals surface area contributed by atoms with Gasteiger partial charge in [0, 0.05) is 11.6 Å². The molecule has 1 unspecified atom stereocenters. The number of nitrogens with one attached hydrogen (secondary N) is 1. The van der Waals surface area contributed by atoms with Crippen LogP contribution in [0.3, 0.4) is 0 Å². The van der Waals surface area contributed by atoms with E-state index in [2.05, 4.69) is 5.32 Å². The van der Waals surface area contributed by atoms with Crippen LogP contribution in [0, 0.1) is 0 Å². The molecular weight excluding hydrogens is 268 g/mol. The Morgan fingerprint density at radius 2 is 2.16 bits per heavy atom. The molecule has 1 aromatic carbocycles. The van der Waals surface area contributed by atoms with Gasteiger partial charge in [-0.1, -0.05) is 0 Å². The highest BCUT2D eigenvalue weighted by Crippen LogP contribution is 2.28. The Morgan fingerprint density at radius 3 is 2.74 bits per heavy atom. The number of sulfonamides is 1. The van der Waals surface area contributed by atoms with E-state index in [-0.39, 0.29) is 17.5 Å². The minimum atomic E-state index is -3.41. The predicted molar refractivity (Wildman–Crippen MR) is 73.7 cm³/mol. The second-order valence-electron chi connectivity index (χ2n) is 4.32. The average molecular weight is 288 g/mol. The largest absolute Gasteiger partial charge is 0.508 e. The number of ether oxygens (including phenoxy) is 1.